The van der Waals surface area contributed by atoms with E-state index in [2.05, 4.69) is 37.1 Å². The second-order valence-corrected chi connectivity index (χ2v) is 8.88. The van der Waals surface area contributed by atoms with E-state index in [-0.39, 0.29) is 12.5 Å². The van der Waals surface area contributed by atoms with Gasteiger partial charge in [0.15, 0.2) is 18.1 Å². The van der Waals surface area contributed by atoms with Gasteiger partial charge in [0.1, 0.15) is 5.75 Å². The molecule has 0 saturated carbocycles. The highest BCUT2D eigenvalue weighted by Crippen LogP contribution is 2.36. The minimum atomic E-state index is -0.965. The zero-order valence-corrected chi connectivity index (χ0v) is 22.8. The second-order valence-electron chi connectivity index (χ2n) is 8.02. The third kappa shape index (κ3) is 7.56. The summed E-state index contributed by atoms with van der Waals surface area (Å²) in [6, 6.07) is 15.6. The Labute approximate surface area is 228 Å². The smallest absolute Gasteiger partial charge is 0.329 e. The molecule has 11 heteroatoms. The summed E-state index contributed by atoms with van der Waals surface area (Å²) in [5.74, 6) is -1.14. The van der Waals surface area contributed by atoms with Gasteiger partial charge < -0.3 is 24.8 Å². The van der Waals surface area contributed by atoms with Crippen LogP contribution in [0.3, 0.4) is 0 Å². The molecular weight excluding hydrogens is 556 g/mol. The van der Waals surface area contributed by atoms with Gasteiger partial charge in [0.2, 0.25) is 0 Å². The van der Waals surface area contributed by atoms with Crippen molar-refractivity contribution >= 4 is 51.2 Å². The fraction of sp³-hybridized carbons (Fsp3) is 0.185. The van der Waals surface area contributed by atoms with Gasteiger partial charge in [-0.1, -0.05) is 18.2 Å². The summed E-state index contributed by atoms with van der Waals surface area (Å²) in [4.78, 5) is 36.7. The Kier molecular flexibility index (Phi) is 9.83. The predicted octanol–water partition coefficient (Wildman–Crippen LogP) is 4.19. The van der Waals surface area contributed by atoms with Gasteiger partial charge in [-0.2, -0.15) is 5.10 Å². The van der Waals surface area contributed by atoms with E-state index in [0.29, 0.717) is 38.7 Å². The lowest BCUT2D eigenvalue weighted by atomic mass is 10.1. The van der Waals surface area contributed by atoms with Crippen LogP contribution < -0.4 is 30.3 Å². The molecule has 0 fully saturated rings. The first-order valence-electron chi connectivity index (χ1n) is 11.4. The number of halogens is 1. The van der Waals surface area contributed by atoms with E-state index in [1.807, 2.05) is 32.0 Å². The topological polar surface area (TPSA) is 127 Å². The van der Waals surface area contributed by atoms with Crippen LogP contribution in [-0.4, -0.2) is 44.8 Å². The van der Waals surface area contributed by atoms with Gasteiger partial charge in [-0.05, 0) is 82.9 Å². The molecule has 10 nitrogen and oxygen atoms in total. The fourth-order valence-electron chi connectivity index (χ4n) is 3.25. The van der Waals surface area contributed by atoms with Crippen molar-refractivity contribution in [3.8, 4) is 17.2 Å². The minimum absolute atomic E-state index is 0.243. The van der Waals surface area contributed by atoms with E-state index in [4.69, 9.17) is 14.2 Å². The Morgan fingerprint density at radius 1 is 0.895 bits per heavy atom. The number of aryl methyl sites for hydroxylation is 2. The molecule has 0 saturated heterocycles. The number of amides is 3. The molecule has 0 spiro atoms. The molecule has 0 bridgehead atoms. The second kappa shape index (κ2) is 13.2. The third-order valence-electron chi connectivity index (χ3n) is 5.33. The SMILES string of the molecule is COc1ccccc1NC(=O)C(=O)NN=Cc1cc(Br)c(OCC(=O)Nc2ccc(C)c(C)c2)c(OC)c1. The Morgan fingerprint density at radius 2 is 1.63 bits per heavy atom. The molecule has 3 amide bonds. The number of carbonyl (C=O) groups excluding carboxylic acids is 3. The molecule has 3 rings (SSSR count). The van der Waals surface area contributed by atoms with Gasteiger partial charge in [0.25, 0.3) is 5.91 Å². The van der Waals surface area contributed by atoms with Gasteiger partial charge in [-0.3, -0.25) is 14.4 Å². The number of nitrogens with zero attached hydrogens (tertiary/aromatic N) is 1. The number of hydrazone groups is 1. The van der Waals surface area contributed by atoms with Crippen LogP contribution >= 0.6 is 15.9 Å². The molecule has 0 heterocycles. The molecule has 3 aromatic carbocycles. The first-order chi connectivity index (χ1) is 18.2. The molecule has 3 N–H and O–H groups in total. The number of benzene rings is 3. The maximum absolute atomic E-state index is 12.4. The van der Waals surface area contributed by atoms with E-state index in [1.165, 1.54) is 20.4 Å². The van der Waals surface area contributed by atoms with Crippen LogP contribution in [0.4, 0.5) is 11.4 Å². The summed E-state index contributed by atoms with van der Waals surface area (Å²) in [5, 5.41) is 9.09. The van der Waals surface area contributed by atoms with Crippen molar-refractivity contribution in [1.82, 2.24) is 5.43 Å². The summed E-state index contributed by atoms with van der Waals surface area (Å²) in [7, 11) is 2.91. The summed E-state index contributed by atoms with van der Waals surface area (Å²) < 4.78 is 16.7. The maximum Gasteiger partial charge on any atom is 0.329 e. The van der Waals surface area contributed by atoms with Crippen molar-refractivity contribution < 1.29 is 28.6 Å². The monoisotopic (exact) mass is 582 g/mol. The van der Waals surface area contributed by atoms with Crippen molar-refractivity contribution in [2.24, 2.45) is 5.10 Å². The molecule has 0 aliphatic rings. The number of para-hydroxylation sites is 2. The number of methoxy groups -OCH3 is 2. The van der Waals surface area contributed by atoms with Gasteiger partial charge in [-0.15, -0.1) is 0 Å². The maximum atomic E-state index is 12.4. The summed E-state index contributed by atoms with van der Waals surface area (Å²) in [5.41, 5.74) is 5.93. The highest BCUT2D eigenvalue weighted by molar-refractivity contribution is 9.10. The Bertz CT molecular complexity index is 1380. The molecule has 0 aliphatic carbocycles. The van der Waals surface area contributed by atoms with E-state index in [9.17, 15) is 14.4 Å². The fourth-order valence-corrected chi connectivity index (χ4v) is 3.83. The number of rotatable bonds is 9. The molecule has 38 heavy (non-hydrogen) atoms. The first kappa shape index (κ1) is 28.2. The molecule has 0 radical (unpaired) electrons. The standard InChI is InChI=1S/C27H27BrN4O6/c1-16-9-10-19(11-17(16)2)30-24(33)15-38-25-20(28)12-18(13-23(25)37-4)14-29-32-27(35)26(34)31-21-7-5-6-8-22(21)36-3/h5-14H,15H2,1-4H3,(H,30,33)(H,31,34)(H,32,35). The van der Waals surface area contributed by atoms with Crippen molar-refractivity contribution in [3.05, 3.63) is 75.8 Å². The third-order valence-corrected chi connectivity index (χ3v) is 5.92. The molecule has 0 atom stereocenters. The van der Waals surface area contributed by atoms with Crippen LogP contribution in [0.15, 0.2) is 64.2 Å². The average Bonchev–Trinajstić information content (AvgIpc) is 2.90. The van der Waals surface area contributed by atoms with E-state index >= 15 is 0 Å². The van der Waals surface area contributed by atoms with Gasteiger partial charge in [0.05, 0.1) is 30.6 Å². The Hall–Kier alpha value is -4.38. The van der Waals surface area contributed by atoms with Crippen LogP contribution in [-0.2, 0) is 14.4 Å². The minimum Gasteiger partial charge on any atom is -0.495 e. The predicted molar refractivity (Wildman–Crippen MR) is 148 cm³/mol. The largest absolute Gasteiger partial charge is 0.495 e. The summed E-state index contributed by atoms with van der Waals surface area (Å²) >= 11 is 3.41. The number of hydrogen-bond acceptors (Lipinski definition) is 7. The summed E-state index contributed by atoms with van der Waals surface area (Å²) in [6.45, 7) is 3.72. The number of ether oxygens (including phenoxy) is 3. The van der Waals surface area contributed by atoms with Gasteiger partial charge in [-0.25, -0.2) is 5.43 Å². The van der Waals surface area contributed by atoms with Crippen LogP contribution in [0.2, 0.25) is 0 Å². The molecule has 198 valence electrons. The van der Waals surface area contributed by atoms with Crippen LogP contribution in [0.5, 0.6) is 17.2 Å². The average molecular weight is 583 g/mol. The van der Waals surface area contributed by atoms with Crippen molar-refractivity contribution in [3.63, 3.8) is 0 Å². The zero-order valence-electron chi connectivity index (χ0n) is 21.3. The van der Waals surface area contributed by atoms with Gasteiger partial charge in [0, 0.05) is 5.69 Å². The molecule has 3 aromatic rings. The van der Waals surface area contributed by atoms with Crippen LogP contribution in [0.25, 0.3) is 0 Å². The normalized spacial score (nSPS) is 10.6. The lowest BCUT2D eigenvalue weighted by Gasteiger charge is -2.14. The van der Waals surface area contributed by atoms with Gasteiger partial charge >= 0.3 is 11.8 Å². The Balaban J connectivity index is 1.59. The molecule has 0 aromatic heterocycles. The lowest BCUT2D eigenvalue weighted by molar-refractivity contribution is -0.136. The highest BCUT2D eigenvalue weighted by atomic mass is 79.9. The quantitative estimate of drug-likeness (QED) is 0.197. The zero-order chi connectivity index (χ0) is 27.7. The van der Waals surface area contributed by atoms with Crippen molar-refractivity contribution in [2.45, 2.75) is 13.8 Å². The van der Waals surface area contributed by atoms with Crippen molar-refractivity contribution in [2.75, 3.05) is 31.5 Å². The van der Waals surface area contributed by atoms with E-state index < -0.39 is 11.8 Å². The molecular formula is C27H27BrN4O6. The van der Waals surface area contributed by atoms with Crippen LogP contribution in [0, 0.1) is 13.8 Å². The molecule has 0 aliphatic heterocycles. The summed E-state index contributed by atoms with van der Waals surface area (Å²) in [6.07, 6.45) is 1.33. The Morgan fingerprint density at radius 3 is 2.34 bits per heavy atom. The number of carbonyl (C=O) groups is 3. The number of nitrogens with one attached hydrogen (secondary N) is 3. The molecule has 0 unspecified atom stereocenters. The number of anilines is 2. The lowest BCUT2D eigenvalue weighted by Crippen LogP contribution is -2.32. The van der Waals surface area contributed by atoms with E-state index in [1.54, 1.807) is 36.4 Å². The van der Waals surface area contributed by atoms with Crippen LogP contribution in [0.1, 0.15) is 16.7 Å². The van der Waals surface area contributed by atoms with E-state index in [0.717, 1.165) is 11.1 Å². The number of hydrogen-bond donors (Lipinski definition) is 3. The van der Waals surface area contributed by atoms with Crippen molar-refractivity contribution in [1.29, 1.82) is 0 Å². The first-order valence-corrected chi connectivity index (χ1v) is 12.2. The highest BCUT2D eigenvalue weighted by Gasteiger charge is 2.16.